The summed E-state index contributed by atoms with van der Waals surface area (Å²) in [6.07, 6.45) is 0. The minimum absolute atomic E-state index is 0.882. The molecular formula is C66H42N2O2. The molecule has 328 valence electrons. The van der Waals surface area contributed by atoms with Gasteiger partial charge >= 0.3 is 0 Å². The lowest BCUT2D eigenvalue weighted by atomic mass is 9.98. The van der Waals surface area contributed by atoms with Crippen LogP contribution >= 0.6 is 0 Å². The summed E-state index contributed by atoms with van der Waals surface area (Å²) >= 11 is 0. The van der Waals surface area contributed by atoms with Gasteiger partial charge in [0.2, 0.25) is 0 Å². The number of nitrogens with zero attached hydrogens (tertiary/aromatic N) is 2. The first-order valence-corrected chi connectivity index (χ1v) is 23.8. The van der Waals surface area contributed by atoms with Crippen molar-refractivity contribution in [1.82, 2.24) is 4.57 Å². The maximum Gasteiger partial charge on any atom is 0.143 e. The van der Waals surface area contributed by atoms with Gasteiger partial charge in [-0.1, -0.05) is 164 Å². The fourth-order valence-corrected chi connectivity index (χ4v) is 10.7. The molecule has 0 unspecified atom stereocenters. The van der Waals surface area contributed by atoms with Gasteiger partial charge in [-0.2, -0.15) is 0 Å². The maximum absolute atomic E-state index is 6.53. The Hall–Kier alpha value is -9.38. The molecular weight excluding hydrogens is 853 g/mol. The zero-order chi connectivity index (χ0) is 46.1. The summed E-state index contributed by atoms with van der Waals surface area (Å²) in [4.78, 5) is 2.35. The van der Waals surface area contributed by atoms with E-state index in [1.54, 1.807) is 0 Å². The van der Waals surface area contributed by atoms with E-state index >= 15 is 0 Å². The molecule has 0 aliphatic carbocycles. The van der Waals surface area contributed by atoms with Crippen LogP contribution in [0.15, 0.2) is 264 Å². The molecule has 0 radical (unpaired) electrons. The van der Waals surface area contributed by atoms with Crippen molar-refractivity contribution in [3.05, 3.63) is 255 Å². The Bertz CT molecular complexity index is 4260. The Balaban J connectivity index is 0.855. The minimum atomic E-state index is 0.882. The molecule has 4 nitrogen and oxygen atoms in total. The number of rotatable bonds is 8. The van der Waals surface area contributed by atoms with Crippen molar-refractivity contribution in [3.63, 3.8) is 0 Å². The van der Waals surface area contributed by atoms with Crippen LogP contribution in [-0.2, 0) is 0 Å². The summed E-state index contributed by atoms with van der Waals surface area (Å²) in [5.41, 5.74) is 19.5. The second kappa shape index (κ2) is 16.2. The van der Waals surface area contributed by atoms with E-state index in [0.717, 1.165) is 106 Å². The van der Waals surface area contributed by atoms with Gasteiger partial charge in [0.05, 0.1) is 11.0 Å². The Labute approximate surface area is 404 Å². The SMILES string of the molecule is c1ccc(-c2cccc3c2oc2ccc(-c4ccc(N(c5ccc(-c6ccc7oc8ccccc8c7c6)cc5)c5ccc(-c6cccc7c6c6ccccc6n7-c6ccccc6)cc5)cc4)cc23)cc1. The molecule has 0 aliphatic heterocycles. The van der Waals surface area contributed by atoms with E-state index in [9.17, 15) is 0 Å². The largest absolute Gasteiger partial charge is 0.456 e. The first kappa shape index (κ1) is 39.8. The van der Waals surface area contributed by atoms with Crippen LogP contribution in [0.1, 0.15) is 0 Å². The van der Waals surface area contributed by atoms with Crippen molar-refractivity contribution in [2.24, 2.45) is 0 Å². The molecule has 70 heavy (non-hydrogen) atoms. The molecule has 3 heterocycles. The van der Waals surface area contributed by atoms with E-state index in [1.807, 2.05) is 18.2 Å². The Kier molecular flexibility index (Phi) is 9.17. The van der Waals surface area contributed by atoms with Crippen LogP contribution in [0.3, 0.4) is 0 Å². The monoisotopic (exact) mass is 894 g/mol. The fourth-order valence-electron chi connectivity index (χ4n) is 10.7. The molecule has 0 amide bonds. The number of aromatic nitrogens is 1. The van der Waals surface area contributed by atoms with Crippen LogP contribution in [-0.4, -0.2) is 4.57 Å². The van der Waals surface area contributed by atoms with E-state index in [2.05, 4.69) is 246 Å². The normalized spacial score (nSPS) is 11.7. The quantitative estimate of drug-likeness (QED) is 0.152. The summed E-state index contributed by atoms with van der Waals surface area (Å²) in [5.74, 6) is 0. The van der Waals surface area contributed by atoms with Crippen molar-refractivity contribution in [2.45, 2.75) is 0 Å². The molecule has 0 fully saturated rings. The van der Waals surface area contributed by atoms with E-state index in [0.29, 0.717) is 0 Å². The number of hydrogen-bond donors (Lipinski definition) is 0. The zero-order valence-corrected chi connectivity index (χ0v) is 38.0. The molecule has 0 N–H and O–H groups in total. The third-order valence-electron chi connectivity index (χ3n) is 14.0. The number of furan rings is 2. The van der Waals surface area contributed by atoms with Crippen LogP contribution in [0.2, 0.25) is 0 Å². The zero-order valence-electron chi connectivity index (χ0n) is 38.0. The van der Waals surface area contributed by atoms with E-state index in [-0.39, 0.29) is 0 Å². The fraction of sp³-hybridized carbons (Fsp3) is 0. The van der Waals surface area contributed by atoms with Crippen molar-refractivity contribution >= 4 is 82.7 Å². The molecule has 14 aromatic rings. The van der Waals surface area contributed by atoms with Crippen LogP contribution < -0.4 is 4.90 Å². The molecule has 0 saturated carbocycles. The van der Waals surface area contributed by atoms with Crippen LogP contribution in [0.25, 0.3) is 116 Å². The third kappa shape index (κ3) is 6.53. The highest BCUT2D eigenvalue weighted by Crippen LogP contribution is 2.43. The molecule has 0 saturated heterocycles. The molecule has 3 aromatic heterocycles. The van der Waals surface area contributed by atoms with Gasteiger partial charge in [0.25, 0.3) is 0 Å². The van der Waals surface area contributed by atoms with Gasteiger partial charge in [-0.3, -0.25) is 0 Å². The van der Waals surface area contributed by atoms with Gasteiger partial charge in [-0.05, 0) is 130 Å². The molecule has 0 atom stereocenters. The van der Waals surface area contributed by atoms with E-state index < -0.39 is 0 Å². The topological polar surface area (TPSA) is 34.5 Å². The van der Waals surface area contributed by atoms with Gasteiger partial charge in [-0.25, -0.2) is 0 Å². The second-order valence-corrected chi connectivity index (χ2v) is 18.0. The van der Waals surface area contributed by atoms with Gasteiger partial charge in [0.15, 0.2) is 0 Å². The number of para-hydroxylation sites is 4. The van der Waals surface area contributed by atoms with E-state index in [4.69, 9.17) is 8.83 Å². The second-order valence-electron chi connectivity index (χ2n) is 18.0. The third-order valence-corrected chi connectivity index (χ3v) is 14.0. The van der Waals surface area contributed by atoms with Crippen molar-refractivity contribution in [3.8, 4) is 50.2 Å². The predicted molar refractivity (Wildman–Crippen MR) is 292 cm³/mol. The number of anilines is 3. The van der Waals surface area contributed by atoms with Crippen LogP contribution in [0, 0.1) is 0 Å². The average Bonchev–Trinajstić information content (AvgIpc) is 4.11. The predicted octanol–water partition coefficient (Wildman–Crippen LogP) is 18.7. The number of hydrogen-bond acceptors (Lipinski definition) is 3. The summed E-state index contributed by atoms with van der Waals surface area (Å²) in [6, 6.07) is 91.1. The van der Waals surface area contributed by atoms with Gasteiger partial charge in [0.1, 0.15) is 22.3 Å². The Morgan fingerprint density at radius 2 is 0.757 bits per heavy atom. The average molecular weight is 895 g/mol. The number of fused-ring (bicyclic) bond motifs is 9. The van der Waals surface area contributed by atoms with Gasteiger partial charge in [-0.15, -0.1) is 0 Å². The first-order chi connectivity index (χ1) is 34.7. The molecule has 11 aromatic carbocycles. The Morgan fingerprint density at radius 3 is 1.44 bits per heavy atom. The Morgan fingerprint density at radius 1 is 0.286 bits per heavy atom. The summed E-state index contributed by atoms with van der Waals surface area (Å²) in [6.45, 7) is 0. The highest BCUT2D eigenvalue weighted by Gasteiger charge is 2.19. The smallest absolute Gasteiger partial charge is 0.143 e. The lowest BCUT2D eigenvalue weighted by Crippen LogP contribution is -2.09. The lowest BCUT2D eigenvalue weighted by molar-refractivity contribution is 0.669. The summed E-state index contributed by atoms with van der Waals surface area (Å²) in [5, 5.41) is 6.96. The van der Waals surface area contributed by atoms with Crippen LogP contribution in [0.4, 0.5) is 17.1 Å². The standard InChI is InChI=1S/C66H42N2O2/c1-3-13-45(14-4-1)54-20-11-21-56-59-42-48(32-40-64(59)70-66(54)56)44-27-35-51(36-28-44)67(50-33-25-43(26-34-50)47-31-39-63-58(41-47)55-17-8-10-24-62(55)69-63)52-37-29-46(30-38-52)53-19-12-23-61-65(53)57-18-7-9-22-60(57)68(61)49-15-5-2-6-16-49/h1-42H. The van der Waals surface area contributed by atoms with Crippen LogP contribution in [0.5, 0.6) is 0 Å². The van der Waals surface area contributed by atoms with E-state index in [1.165, 1.54) is 27.4 Å². The maximum atomic E-state index is 6.53. The minimum Gasteiger partial charge on any atom is -0.456 e. The molecule has 0 bridgehead atoms. The van der Waals surface area contributed by atoms with Crippen molar-refractivity contribution < 1.29 is 8.83 Å². The highest BCUT2D eigenvalue weighted by atomic mass is 16.3. The summed E-state index contributed by atoms with van der Waals surface area (Å²) in [7, 11) is 0. The lowest BCUT2D eigenvalue weighted by Gasteiger charge is -2.26. The molecule has 4 heteroatoms. The number of benzene rings is 11. The van der Waals surface area contributed by atoms with Crippen molar-refractivity contribution in [2.75, 3.05) is 4.90 Å². The summed E-state index contributed by atoms with van der Waals surface area (Å²) < 4.78 is 15.1. The first-order valence-electron chi connectivity index (χ1n) is 23.8. The molecule has 0 spiro atoms. The molecule has 0 aliphatic rings. The van der Waals surface area contributed by atoms with Gasteiger partial charge in [0, 0.05) is 60.6 Å². The highest BCUT2D eigenvalue weighted by molar-refractivity contribution is 6.16. The molecule has 14 rings (SSSR count). The van der Waals surface area contributed by atoms with Crippen molar-refractivity contribution in [1.29, 1.82) is 0 Å². The van der Waals surface area contributed by atoms with Gasteiger partial charge < -0.3 is 18.3 Å².